The van der Waals surface area contributed by atoms with Gasteiger partial charge in [-0.25, -0.2) is 13.1 Å². The van der Waals surface area contributed by atoms with E-state index in [-0.39, 0.29) is 11.6 Å². The predicted octanol–water partition coefficient (Wildman–Crippen LogP) is 3.03. The lowest BCUT2D eigenvalue weighted by molar-refractivity contribution is -0.137. The summed E-state index contributed by atoms with van der Waals surface area (Å²) in [5, 5.41) is 2.99. The van der Waals surface area contributed by atoms with Gasteiger partial charge in [-0.3, -0.25) is 0 Å². The monoisotopic (exact) mass is 370 g/mol. The molecule has 1 aliphatic heterocycles. The number of sulfonamides is 1. The molecule has 0 bridgehead atoms. The summed E-state index contributed by atoms with van der Waals surface area (Å²) >= 11 is 5.76. The lowest BCUT2D eigenvalue weighted by Crippen LogP contribution is -2.33. The topological polar surface area (TPSA) is 58.2 Å². The molecule has 1 aromatic rings. The average Bonchev–Trinajstić information content (AvgIpc) is 2.47. The van der Waals surface area contributed by atoms with Crippen LogP contribution in [0.4, 0.5) is 13.2 Å². The first-order valence-electron chi connectivity index (χ1n) is 7.27. The van der Waals surface area contributed by atoms with Gasteiger partial charge in [0.15, 0.2) is 0 Å². The Hall–Kier alpha value is -0.830. The molecule has 0 saturated carbocycles. The number of hydrogen-bond acceptors (Lipinski definition) is 3. The Kier molecular flexibility index (Phi) is 5.94. The lowest BCUT2D eigenvalue weighted by atomic mass is 9.96. The second-order valence-electron chi connectivity index (χ2n) is 5.54. The van der Waals surface area contributed by atoms with Crippen molar-refractivity contribution in [3.63, 3.8) is 0 Å². The largest absolute Gasteiger partial charge is 0.416 e. The summed E-state index contributed by atoms with van der Waals surface area (Å²) < 4.78 is 64.9. The van der Waals surface area contributed by atoms with Crippen molar-refractivity contribution >= 4 is 21.6 Å². The highest BCUT2D eigenvalue weighted by Crippen LogP contribution is 2.33. The summed E-state index contributed by atoms with van der Waals surface area (Å²) in [6.07, 6.45) is -1.94. The van der Waals surface area contributed by atoms with E-state index in [9.17, 15) is 21.6 Å². The van der Waals surface area contributed by atoms with Crippen LogP contribution in [0.1, 0.15) is 24.8 Å². The zero-order chi connectivity index (χ0) is 17.1. The molecule has 0 radical (unpaired) electrons. The summed E-state index contributed by atoms with van der Waals surface area (Å²) in [5.74, 6) is 0.364. The number of rotatable bonds is 5. The van der Waals surface area contributed by atoms with Gasteiger partial charge in [0.1, 0.15) is 4.90 Å². The van der Waals surface area contributed by atoms with E-state index in [2.05, 4.69) is 10.0 Å². The van der Waals surface area contributed by atoms with Crippen LogP contribution in [0, 0.1) is 5.92 Å². The first kappa shape index (κ1) is 18.5. The van der Waals surface area contributed by atoms with E-state index < -0.39 is 26.7 Å². The maximum Gasteiger partial charge on any atom is 0.416 e. The Morgan fingerprint density at radius 3 is 2.70 bits per heavy atom. The fourth-order valence-electron chi connectivity index (χ4n) is 2.53. The predicted molar refractivity (Wildman–Crippen MR) is 81.9 cm³/mol. The Balaban J connectivity index is 2.06. The van der Waals surface area contributed by atoms with Gasteiger partial charge in [0.05, 0.1) is 10.6 Å². The molecule has 1 atom stereocenters. The summed E-state index contributed by atoms with van der Waals surface area (Å²) in [7, 11) is -4.08. The highest BCUT2D eigenvalue weighted by molar-refractivity contribution is 7.89. The van der Waals surface area contributed by atoms with Crippen molar-refractivity contribution in [1.29, 1.82) is 0 Å². The van der Waals surface area contributed by atoms with Crippen LogP contribution in [0.25, 0.3) is 0 Å². The zero-order valence-electron chi connectivity index (χ0n) is 12.3. The quantitative estimate of drug-likeness (QED) is 0.837. The molecule has 2 rings (SSSR count). The fraction of sp³-hybridized carbons (Fsp3) is 0.571. The molecule has 1 unspecified atom stereocenters. The Bertz CT molecular complexity index is 644. The minimum atomic E-state index is -4.62. The fourth-order valence-corrected chi connectivity index (χ4v) is 4.10. The van der Waals surface area contributed by atoms with E-state index in [4.69, 9.17) is 11.6 Å². The number of piperidine rings is 1. The van der Waals surface area contributed by atoms with Crippen LogP contribution in [0.3, 0.4) is 0 Å². The highest BCUT2D eigenvalue weighted by atomic mass is 35.5. The van der Waals surface area contributed by atoms with Gasteiger partial charge in [0.2, 0.25) is 10.0 Å². The first-order chi connectivity index (χ1) is 10.7. The number of hydrogen-bond donors (Lipinski definition) is 2. The zero-order valence-corrected chi connectivity index (χ0v) is 13.9. The SMILES string of the molecule is O=S(=O)(NCCC1CCCNC1)c1cc(C(F)(F)F)ccc1Cl. The second kappa shape index (κ2) is 7.38. The normalized spacial score (nSPS) is 19.7. The number of halogens is 4. The Morgan fingerprint density at radius 1 is 1.35 bits per heavy atom. The van der Waals surface area contributed by atoms with Gasteiger partial charge in [-0.15, -0.1) is 0 Å². The molecule has 1 saturated heterocycles. The molecule has 0 spiro atoms. The molecule has 2 N–H and O–H groups in total. The van der Waals surface area contributed by atoms with Crippen LogP contribution in [0.15, 0.2) is 23.1 Å². The third-order valence-corrected chi connectivity index (χ3v) is 5.73. The van der Waals surface area contributed by atoms with Crippen LogP contribution < -0.4 is 10.0 Å². The van der Waals surface area contributed by atoms with E-state index in [1.807, 2.05) is 0 Å². The molecule has 130 valence electrons. The number of nitrogens with one attached hydrogen (secondary N) is 2. The highest BCUT2D eigenvalue weighted by Gasteiger charge is 2.32. The van der Waals surface area contributed by atoms with E-state index in [0.29, 0.717) is 18.4 Å². The molecule has 0 aliphatic carbocycles. The van der Waals surface area contributed by atoms with Gasteiger partial charge in [0.25, 0.3) is 0 Å². The molecule has 1 aromatic carbocycles. The molecule has 23 heavy (non-hydrogen) atoms. The maximum atomic E-state index is 12.7. The maximum absolute atomic E-state index is 12.7. The molecular weight excluding hydrogens is 353 g/mol. The van der Waals surface area contributed by atoms with Crippen LogP contribution in [0.2, 0.25) is 5.02 Å². The molecule has 4 nitrogen and oxygen atoms in total. The molecule has 1 heterocycles. The minimum Gasteiger partial charge on any atom is -0.316 e. The van der Waals surface area contributed by atoms with Crippen LogP contribution in [-0.2, 0) is 16.2 Å². The second-order valence-corrected chi connectivity index (χ2v) is 7.68. The smallest absolute Gasteiger partial charge is 0.316 e. The summed E-state index contributed by atoms with van der Waals surface area (Å²) in [6, 6.07) is 2.27. The summed E-state index contributed by atoms with van der Waals surface area (Å²) in [6.45, 7) is 1.95. The summed E-state index contributed by atoms with van der Waals surface area (Å²) in [5.41, 5.74) is -1.04. The molecular formula is C14H18ClF3N2O2S. The van der Waals surface area contributed by atoms with Gasteiger partial charge < -0.3 is 5.32 Å². The van der Waals surface area contributed by atoms with Crippen molar-refractivity contribution in [2.45, 2.75) is 30.3 Å². The summed E-state index contributed by atoms with van der Waals surface area (Å²) in [4.78, 5) is -0.546. The molecule has 1 aliphatic rings. The third kappa shape index (κ3) is 5.07. The van der Waals surface area contributed by atoms with Crippen LogP contribution in [0.5, 0.6) is 0 Å². The van der Waals surface area contributed by atoms with Crippen molar-refractivity contribution in [3.05, 3.63) is 28.8 Å². The Labute approximate surface area is 138 Å². The standard InChI is InChI=1S/C14H18ClF3N2O2S/c15-12-4-3-11(14(16,17)18)8-13(12)23(21,22)20-7-5-10-2-1-6-19-9-10/h3-4,8,10,19-20H,1-2,5-7,9H2. The van der Waals surface area contributed by atoms with E-state index in [0.717, 1.165) is 38.1 Å². The van der Waals surface area contributed by atoms with Gasteiger partial charge in [-0.05, 0) is 56.5 Å². The van der Waals surface area contributed by atoms with Crippen LogP contribution >= 0.6 is 11.6 Å². The van der Waals surface area contributed by atoms with Crippen molar-refractivity contribution < 1.29 is 21.6 Å². The average molecular weight is 371 g/mol. The molecule has 0 aromatic heterocycles. The molecule has 1 fully saturated rings. The third-order valence-electron chi connectivity index (χ3n) is 3.79. The van der Waals surface area contributed by atoms with Gasteiger partial charge in [-0.1, -0.05) is 11.6 Å². The van der Waals surface area contributed by atoms with Crippen molar-refractivity contribution in [1.82, 2.24) is 10.0 Å². The number of alkyl halides is 3. The van der Waals surface area contributed by atoms with Gasteiger partial charge in [-0.2, -0.15) is 13.2 Å². The van der Waals surface area contributed by atoms with Crippen LogP contribution in [-0.4, -0.2) is 28.1 Å². The molecule has 0 amide bonds. The van der Waals surface area contributed by atoms with Crippen molar-refractivity contribution in [2.24, 2.45) is 5.92 Å². The van der Waals surface area contributed by atoms with Gasteiger partial charge in [0, 0.05) is 6.54 Å². The first-order valence-corrected chi connectivity index (χ1v) is 9.13. The van der Waals surface area contributed by atoms with E-state index in [1.54, 1.807) is 0 Å². The Morgan fingerprint density at radius 2 is 2.09 bits per heavy atom. The van der Waals surface area contributed by atoms with E-state index in [1.165, 1.54) is 0 Å². The van der Waals surface area contributed by atoms with Crippen molar-refractivity contribution in [2.75, 3.05) is 19.6 Å². The molecule has 9 heteroatoms. The van der Waals surface area contributed by atoms with Crippen molar-refractivity contribution in [3.8, 4) is 0 Å². The van der Waals surface area contributed by atoms with Gasteiger partial charge >= 0.3 is 6.18 Å². The number of benzene rings is 1. The minimum absolute atomic E-state index is 0.168. The van der Waals surface area contributed by atoms with E-state index >= 15 is 0 Å². The lowest BCUT2D eigenvalue weighted by Gasteiger charge is -2.22.